The van der Waals surface area contributed by atoms with E-state index < -0.39 is 0 Å². The van der Waals surface area contributed by atoms with Gasteiger partial charge in [0.1, 0.15) is 5.01 Å². The molecular weight excluding hydrogens is 192 g/mol. The fourth-order valence-electron chi connectivity index (χ4n) is 0.704. The highest BCUT2D eigenvalue weighted by molar-refractivity contribution is 7.80. The molecule has 5 heteroatoms. The van der Waals surface area contributed by atoms with Crippen molar-refractivity contribution in [1.82, 2.24) is 10.3 Å². The van der Waals surface area contributed by atoms with Crippen molar-refractivity contribution in [3.05, 3.63) is 16.6 Å². The molecule has 0 unspecified atom stereocenters. The van der Waals surface area contributed by atoms with Gasteiger partial charge in [-0.25, -0.2) is 4.98 Å². The van der Waals surface area contributed by atoms with Crippen molar-refractivity contribution in [2.45, 2.75) is 13.0 Å². The van der Waals surface area contributed by atoms with Gasteiger partial charge in [-0.2, -0.15) is 12.6 Å². The van der Waals surface area contributed by atoms with Crippen LogP contribution in [-0.2, 0) is 11.3 Å². The van der Waals surface area contributed by atoms with E-state index in [1.165, 1.54) is 11.3 Å². The average molecular weight is 202 g/mol. The molecule has 0 atom stereocenters. The van der Waals surface area contributed by atoms with E-state index in [4.69, 9.17) is 0 Å². The number of aromatic nitrogens is 1. The van der Waals surface area contributed by atoms with Crippen LogP contribution in [0.15, 0.2) is 11.6 Å². The van der Waals surface area contributed by atoms with Crippen molar-refractivity contribution in [2.24, 2.45) is 0 Å². The molecule has 0 spiro atoms. The number of amides is 1. The predicted octanol–water partition coefficient (Wildman–Crippen LogP) is 1.08. The first-order chi connectivity index (χ1) is 5.83. The molecule has 1 N–H and O–H groups in total. The van der Waals surface area contributed by atoms with Gasteiger partial charge in [0, 0.05) is 18.0 Å². The van der Waals surface area contributed by atoms with Crippen LogP contribution in [-0.4, -0.2) is 16.6 Å². The zero-order chi connectivity index (χ0) is 8.81. The smallest absolute Gasteiger partial charge is 0.221 e. The van der Waals surface area contributed by atoms with E-state index in [9.17, 15) is 4.79 Å². The third-order valence-electron chi connectivity index (χ3n) is 1.26. The highest BCUT2D eigenvalue weighted by Gasteiger charge is 1.99. The summed E-state index contributed by atoms with van der Waals surface area (Å²) in [4.78, 5) is 15.0. The van der Waals surface area contributed by atoms with Crippen LogP contribution in [0.3, 0.4) is 0 Å². The van der Waals surface area contributed by atoms with E-state index in [0.29, 0.717) is 18.7 Å². The molecule has 1 amide bonds. The Morgan fingerprint density at radius 1 is 1.75 bits per heavy atom. The Balaban J connectivity index is 2.22. The Kier molecular flexibility index (Phi) is 4.10. The minimum atomic E-state index is 0.0280. The maximum Gasteiger partial charge on any atom is 0.221 e. The first-order valence-corrected chi connectivity index (χ1v) is 5.10. The van der Waals surface area contributed by atoms with E-state index in [0.717, 1.165) is 5.01 Å². The van der Waals surface area contributed by atoms with Gasteiger partial charge in [0.2, 0.25) is 5.91 Å². The summed E-state index contributed by atoms with van der Waals surface area (Å²) in [5.74, 6) is 0.615. The minimum Gasteiger partial charge on any atom is -0.350 e. The first kappa shape index (κ1) is 9.54. The molecule has 0 saturated carbocycles. The van der Waals surface area contributed by atoms with Gasteiger partial charge in [-0.05, 0) is 5.75 Å². The zero-order valence-electron chi connectivity index (χ0n) is 6.49. The van der Waals surface area contributed by atoms with Crippen LogP contribution < -0.4 is 5.32 Å². The molecule has 3 nitrogen and oxygen atoms in total. The molecule has 1 aromatic heterocycles. The second-order valence-electron chi connectivity index (χ2n) is 2.18. The van der Waals surface area contributed by atoms with Gasteiger partial charge in [-0.15, -0.1) is 11.3 Å². The summed E-state index contributed by atoms with van der Waals surface area (Å²) < 4.78 is 0. The van der Waals surface area contributed by atoms with Gasteiger partial charge in [-0.1, -0.05) is 0 Å². The van der Waals surface area contributed by atoms with Crippen molar-refractivity contribution in [1.29, 1.82) is 0 Å². The number of carbonyl (C=O) groups excluding carboxylic acids is 1. The number of hydrogen-bond donors (Lipinski definition) is 2. The number of nitrogens with one attached hydrogen (secondary N) is 1. The standard InChI is InChI=1S/C7H10N2OS2/c10-6(1-3-11)9-5-7-8-2-4-12-7/h2,4,11H,1,3,5H2,(H,9,10). The Bertz CT molecular complexity index is 236. The second-order valence-corrected chi connectivity index (χ2v) is 3.60. The summed E-state index contributed by atoms with van der Waals surface area (Å²) in [5, 5.41) is 5.57. The number of hydrogen-bond acceptors (Lipinski definition) is 4. The molecule has 0 radical (unpaired) electrons. The molecule has 0 aromatic carbocycles. The van der Waals surface area contributed by atoms with Crippen molar-refractivity contribution < 1.29 is 4.79 Å². The van der Waals surface area contributed by atoms with Gasteiger partial charge in [0.05, 0.1) is 6.54 Å². The topological polar surface area (TPSA) is 42.0 Å². The molecule has 1 heterocycles. The molecule has 66 valence electrons. The molecule has 0 saturated heterocycles. The predicted molar refractivity (Wildman–Crippen MR) is 52.4 cm³/mol. The quantitative estimate of drug-likeness (QED) is 0.717. The highest BCUT2D eigenvalue weighted by Crippen LogP contribution is 2.02. The Morgan fingerprint density at radius 2 is 2.58 bits per heavy atom. The SMILES string of the molecule is O=C(CCS)NCc1nccs1. The number of thiol groups is 1. The second kappa shape index (κ2) is 5.16. The van der Waals surface area contributed by atoms with Crippen LogP contribution in [0.2, 0.25) is 0 Å². The maximum absolute atomic E-state index is 11.0. The van der Waals surface area contributed by atoms with Crippen LogP contribution in [0.5, 0.6) is 0 Å². The lowest BCUT2D eigenvalue weighted by Crippen LogP contribution is -2.22. The Hall–Kier alpha value is -0.550. The molecule has 0 aliphatic carbocycles. The van der Waals surface area contributed by atoms with E-state index in [1.807, 2.05) is 5.38 Å². The Labute approximate surface area is 80.6 Å². The molecule has 1 rings (SSSR count). The lowest BCUT2D eigenvalue weighted by atomic mass is 10.4. The van der Waals surface area contributed by atoms with Gasteiger partial charge < -0.3 is 5.32 Å². The fourth-order valence-corrected chi connectivity index (χ4v) is 1.46. The molecule has 0 fully saturated rings. The minimum absolute atomic E-state index is 0.0280. The monoisotopic (exact) mass is 202 g/mol. The molecular formula is C7H10N2OS2. The van der Waals surface area contributed by atoms with Crippen LogP contribution in [0.4, 0.5) is 0 Å². The van der Waals surface area contributed by atoms with Crippen molar-refractivity contribution in [3.8, 4) is 0 Å². The number of carbonyl (C=O) groups is 1. The van der Waals surface area contributed by atoms with Crippen molar-refractivity contribution in [3.63, 3.8) is 0 Å². The summed E-state index contributed by atoms with van der Waals surface area (Å²) in [6.45, 7) is 0.532. The van der Waals surface area contributed by atoms with Gasteiger partial charge in [-0.3, -0.25) is 4.79 Å². The van der Waals surface area contributed by atoms with E-state index in [2.05, 4.69) is 22.9 Å². The summed E-state index contributed by atoms with van der Waals surface area (Å²) in [6, 6.07) is 0. The molecule has 0 aliphatic rings. The maximum atomic E-state index is 11.0. The van der Waals surface area contributed by atoms with Crippen LogP contribution in [0.1, 0.15) is 11.4 Å². The van der Waals surface area contributed by atoms with Gasteiger partial charge in [0.15, 0.2) is 0 Å². The molecule has 0 aliphatic heterocycles. The number of rotatable bonds is 4. The fraction of sp³-hybridized carbons (Fsp3) is 0.429. The zero-order valence-corrected chi connectivity index (χ0v) is 8.20. The normalized spacial score (nSPS) is 9.75. The van der Waals surface area contributed by atoms with E-state index >= 15 is 0 Å². The average Bonchev–Trinajstić information content (AvgIpc) is 2.53. The van der Waals surface area contributed by atoms with E-state index in [1.54, 1.807) is 6.20 Å². The largest absolute Gasteiger partial charge is 0.350 e. The summed E-state index contributed by atoms with van der Waals surface area (Å²) in [5.41, 5.74) is 0. The third kappa shape index (κ3) is 3.23. The number of nitrogens with zero attached hydrogens (tertiary/aromatic N) is 1. The number of thiazole rings is 1. The first-order valence-electron chi connectivity index (χ1n) is 3.59. The molecule has 0 bridgehead atoms. The van der Waals surface area contributed by atoms with Crippen LogP contribution in [0.25, 0.3) is 0 Å². The van der Waals surface area contributed by atoms with Crippen molar-refractivity contribution >= 4 is 29.9 Å². The lowest BCUT2D eigenvalue weighted by molar-refractivity contribution is -0.120. The summed E-state index contributed by atoms with van der Waals surface area (Å²) in [7, 11) is 0. The van der Waals surface area contributed by atoms with Gasteiger partial charge >= 0.3 is 0 Å². The third-order valence-corrected chi connectivity index (χ3v) is 2.26. The van der Waals surface area contributed by atoms with E-state index in [-0.39, 0.29) is 5.91 Å². The van der Waals surface area contributed by atoms with Crippen molar-refractivity contribution in [2.75, 3.05) is 5.75 Å². The van der Waals surface area contributed by atoms with Crippen LogP contribution >= 0.6 is 24.0 Å². The highest BCUT2D eigenvalue weighted by atomic mass is 32.1. The molecule has 1 aromatic rings. The lowest BCUT2D eigenvalue weighted by Gasteiger charge is -1.99. The van der Waals surface area contributed by atoms with Crippen LogP contribution in [0, 0.1) is 0 Å². The Morgan fingerprint density at radius 3 is 3.17 bits per heavy atom. The molecule has 12 heavy (non-hydrogen) atoms. The van der Waals surface area contributed by atoms with Gasteiger partial charge in [0.25, 0.3) is 0 Å². The summed E-state index contributed by atoms with van der Waals surface area (Å²) >= 11 is 5.49. The summed E-state index contributed by atoms with van der Waals surface area (Å²) in [6.07, 6.45) is 2.19.